The van der Waals surface area contributed by atoms with Crippen molar-refractivity contribution in [2.45, 2.75) is 50.6 Å². The van der Waals surface area contributed by atoms with Gasteiger partial charge in [-0.05, 0) is 57.0 Å². The molecule has 1 aliphatic heterocycles. The summed E-state index contributed by atoms with van der Waals surface area (Å²) in [6.07, 6.45) is 7.33. The lowest BCUT2D eigenvalue weighted by Crippen LogP contribution is -2.53. The maximum absolute atomic E-state index is 12.9. The predicted molar refractivity (Wildman–Crippen MR) is 103 cm³/mol. The Labute approximate surface area is 160 Å². The minimum absolute atomic E-state index is 0. The summed E-state index contributed by atoms with van der Waals surface area (Å²) in [5.74, 6) is 0.0414. The summed E-state index contributed by atoms with van der Waals surface area (Å²) in [5.41, 5.74) is 0.618. The molecular formula is C18H25Cl3N2O. The van der Waals surface area contributed by atoms with Gasteiger partial charge in [0.15, 0.2) is 0 Å². The fourth-order valence-corrected chi connectivity index (χ4v) is 4.32. The van der Waals surface area contributed by atoms with Gasteiger partial charge in [-0.2, -0.15) is 0 Å². The Hall–Kier alpha value is -0.480. The van der Waals surface area contributed by atoms with Gasteiger partial charge in [-0.25, -0.2) is 0 Å². The summed E-state index contributed by atoms with van der Waals surface area (Å²) in [6.45, 7) is 2.35. The van der Waals surface area contributed by atoms with Gasteiger partial charge in [0.2, 0.25) is 0 Å². The van der Waals surface area contributed by atoms with Crippen LogP contribution in [-0.4, -0.2) is 47.9 Å². The number of amides is 1. The highest BCUT2D eigenvalue weighted by Crippen LogP contribution is 2.30. The number of likely N-dealkylation sites (tertiary alicyclic amines) is 1. The summed E-state index contributed by atoms with van der Waals surface area (Å²) in [5, 5.41) is 0.920. The molecular weight excluding hydrogens is 367 g/mol. The van der Waals surface area contributed by atoms with Crippen molar-refractivity contribution in [1.29, 1.82) is 0 Å². The first kappa shape index (κ1) is 19.8. The molecule has 134 valence electrons. The third kappa shape index (κ3) is 4.19. The van der Waals surface area contributed by atoms with Gasteiger partial charge in [-0.1, -0.05) is 36.0 Å². The average Bonchev–Trinajstić information content (AvgIpc) is 3.10. The van der Waals surface area contributed by atoms with Crippen molar-refractivity contribution in [3.05, 3.63) is 33.8 Å². The third-order valence-electron chi connectivity index (χ3n) is 5.29. The second kappa shape index (κ2) is 8.75. The molecule has 6 heteroatoms. The van der Waals surface area contributed by atoms with Crippen LogP contribution in [0.1, 0.15) is 48.9 Å². The van der Waals surface area contributed by atoms with Gasteiger partial charge in [0.1, 0.15) is 0 Å². The first-order valence-corrected chi connectivity index (χ1v) is 9.30. The molecule has 1 saturated heterocycles. The van der Waals surface area contributed by atoms with Crippen LogP contribution in [0.15, 0.2) is 18.2 Å². The van der Waals surface area contributed by atoms with Crippen LogP contribution in [0.3, 0.4) is 0 Å². The quantitative estimate of drug-likeness (QED) is 0.732. The van der Waals surface area contributed by atoms with E-state index in [0.29, 0.717) is 27.7 Å². The molecule has 0 spiro atoms. The number of halogens is 3. The Morgan fingerprint density at radius 1 is 1.08 bits per heavy atom. The van der Waals surface area contributed by atoms with Crippen LogP contribution in [0.4, 0.5) is 0 Å². The molecule has 24 heavy (non-hydrogen) atoms. The summed E-state index contributed by atoms with van der Waals surface area (Å²) in [6, 6.07) is 5.94. The van der Waals surface area contributed by atoms with Gasteiger partial charge in [0.25, 0.3) is 5.91 Å². The largest absolute Gasteiger partial charge is 0.337 e. The zero-order chi connectivity index (χ0) is 16.4. The van der Waals surface area contributed by atoms with E-state index in [1.165, 1.54) is 45.2 Å². The van der Waals surface area contributed by atoms with Crippen molar-refractivity contribution in [3.8, 4) is 0 Å². The van der Waals surface area contributed by atoms with E-state index in [1.54, 1.807) is 18.2 Å². The van der Waals surface area contributed by atoms with Crippen molar-refractivity contribution in [2.24, 2.45) is 0 Å². The fraction of sp³-hybridized carbons (Fsp3) is 0.611. The number of benzene rings is 1. The van der Waals surface area contributed by atoms with Crippen molar-refractivity contribution in [2.75, 3.05) is 20.1 Å². The zero-order valence-corrected chi connectivity index (χ0v) is 16.3. The SMILES string of the molecule is CN(C(=O)c1ccc(Cl)c(Cl)c1)[C@@H]1CCCC[C@@H]1N1CCCC1.Cl. The molecule has 1 aromatic carbocycles. The van der Waals surface area contributed by atoms with Gasteiger partial charge in [-0.3, -0.25) is 9.69 Å². The van der Waals surface area contributed by atoms with E-state index in [1.807, 2.05) is 11.9 Å². The molecule has 1 saturated carbocycles. The number of carbonyl (C=O) groups excluding carboxylic acids is 1. The van der Waals surface area contributed by atoms with Crippen LogP contribution >= 0.6 is 35.6 Å². The molecule has 0 N–H and O–H groups in total. The van der Waals surface area contributed by atoms with E-state index in [-0.39, 0.29) is 18.3 Å². The molecule has 2 atom stereocenters. The van der Waals surface area contributed by atoms with Gasteiger partial charge < -0.3 is 4.90 Å². The lowest BCUT2D eigenvalue weighted by molar-refractivity contribution is 0.0496. The number of rotatable bonds is 3. The number of hydrogen-bond donors (Lipinski definition) is 0. The van der Waals surface area contributed by atoms with Crippen LogP contribution in [0.2, 0.25) is 10.0 Å². The first-order chi connectivity index (χ1) is 11.1. The average molecular weight is 392 g/mol. The Morgan fingerprint density at radius 3 is 2.42 bits per heavy atom. The molecule has 0 unspecified atom stereocenters. The third-order valence-corrected chi connectivity index (χ3v) is 6.03. The Morgan fingerprint density at radius 2 is 1.75 bits per heavy atom. The molecule has 1 amide bonds. The minimum Gasteiger partial charge on any atom is -0.337 e. The summed E-state index contributed by atoms with van der Waals surface area (Å²) >= 11 is 12.0. The lowest BCUT2D eigenvalue weighted by Gasteiger charge is -2.42. The summed E-state index contributed by atoms with van der Waals surface area (Å²) in [7, 11) is 1.93. The van der Waals surface area contributed by atoms with E-state index >= 15 is 0 Å². The highest BCUT2D eigenvalue weighted by Gasteiger charge is 2.35. The van der Waals surface area contributed by atoms with Gasteiger partial charge in [0.05, 0.1) is 10.0 Å². The standard InChI is InChI=1S/C18H24Cl2N2O.ClH/c1-21(18(23)13-8-9-14(19)15(20)12-13)16-6-2-3-7-17(16)22-10-4-5-11-22;/h8-9,12,16-17H,2-7,10-11H2,1H3;1H/t16-,17+;/m1./s1. The topological polar surface area (TPSA) is 23.6 Å². The van der Waals surface area contributed by atoms with Crippen LogP contribution < -0.4 is 0 Å². The van der Waals surface area contributed by atoms with E-state index in [0.717, 1.165) is 6.42 Å². The molecule has 1 aromatic rings. The maximum atomic E-state index is 12.9. The number of likely N-dealkylation sites (N-methyl/N-ethyl adjacent to an activating group) is 1. The minimum atomic E-state index is 0. The van der Waals surface area contributed by atoms with E-state index in [4.69, 9.17) is 23.2 Å². The number of hydrogen-bond acceptors (Lipinski definition) is 2. The van der Waals surface area contributed by atoms with Crippen LogP contribution in [0.5, 0.6) is 0 Å². The molecule has 2 aliphatic rings. The summed E-state index contributed by atoms with van der Waals surface area (Å²) < 4.78 is 0. The van der Waals surface area contributed by atoms with Crippen LogP contribution in [0, 0.1) is 0 Å². The number of nitrogens with zero attached hydrogens (tertiary/aromatic N) is 2. The summed E-state index contributed by atoms with van der Waals surface area (Å²) in [4.78, 5) is 17.4. The van der Waals surface area contributed by atoms with Gasteiger partial charge >= 0.3 is 0 Å². The van der Waals surface area contributed by atoms with Crippen molar-refractivity contribution >= 4 is 41.5 Å². The van der Waals surface area contributed by atoms with Gasteiger partial charge in [-0.15, -0.1) is 12.4 Å². The number of carbonyl (C=O) groups is 1. The molecule has 0 bridgehead atoms. The molecule has 0 aromatic heterocycles. The molecule has 2 fully saturated rings. The monoisotopic (exact) mass is 390 g/mol. The zero-order valence-electron chi connectivity index (χ0n) is 14.0. The van der Waals surface area contributed by atoms with E-state index in [2.05, 4.69) is 4.90 Å². The van der Waals surface area contributed by atoms with Crippen LogP contribution in [-0.2, 0) is 0 Å². The van der Waals surface area contributed by atoms with Crippen molar-refractivity contribution < 1.29 is 4.79 Å². The van der Waals surface area contributed by atoms with Crippen LogP contribution in [0.25, 0.3) is 0 Å². The molecule has 0 radical (unpaired) electrons. The molecule has 3 rings (SSSR count). The predicted octanol–water partition coefficient (Wildman–Crippen LogP) is 4.89. The van der Waals surface area contributed by atoms with Gasteiger partial charge in [0, 0.05) is 24.7 Å². The smallest absolute Gasteiger partial charge is 0.253 e. The Balaban J connectivity index is 0.00000208. The van der Waals surface area contributed by atoms with Crippen molar-refractivity contribution in [1.82, 2.24) is 9.80 Å². The van der Waals surface area contributed by atoms with E-state index < -0.39 is 0 Å². The molecule has 3 nitrogen and oxygen atoms in total. The second-order valence-electron chi connectivity index (χ2n) is 6.71. The maximum Gasteiger partial charge on any atom is 0.253 e. The lowest BCUT2D eigenvalue weighted by atomic mass is 9.88. The Kier molecular flexibility index (Phi) is 7.23. The second-order valence-corrected chi connectivity index (χ2v) is 7.52. The highest BCUT2D eigenvalue weighted by atomic mass is 35.5. The highest BCUT2D eigenvalue weighted by molar-refractivity contribution is 6.42. The first-order valence-electron chi connectivity index (χ1n) is 8.54. The molecule has 1 heterocycles. The fourth-order valence-electron chi connectivity index (χ4n) is 4.03. The Bertz CT molecular complexity index is 575. The van der Waals surface area contributed by atoms with Crippen molar-refractivity contribution in [3.63, 3.8) is 0 Å². The molecule has 1 aliphatic carbocycles. The normalized spacial score (nSPS) is 24.5. The van der Waals surface area contributed by atoms with E-state index in [9.17, 15) is 4.79 Å².